The molecule has 0 saturated carbocycles. The lowest BCUT2D eigenvalue weighted by Gasteiger charge is -2.09. The van der Waals surface area contributed by atoms with Gasteiger partial charge in [-0.15, -0.1) is 11.3 Å². The van der Waals surface area contributed by atoms with Crippen molar-refractivity contribution in [2.45, 2.75) is 19.9 Å². The SMILES string of the molecule is Cc1cc(C(=O)Nc2nc3c(s2)CNCC3)n(C)n1. The minimum atomic E-state index is -0.165. The number of rotatable bonds is 2. The molecular formula is C12H15N5OS. The van der Waals surface area contributed by atoms with Crippen LogP contribution in [0.5, 0.6) is 0 Å². The van der Waals surface area contributed by atoms with Gasteiger partial charge in [-0.3, -0.25) is 14.8 Å². The maximum absolute atomic E-state index is 12.1. The molecule has 0 bridgehead atoms. The molecule has 2 N–H and O–H groups in total. The van der Waals surface area contributed by atoms with Crippen molar-refractivity contribution >= 4 is 22.4 Å². The van der Waals surface area contributed by atoms with Gasteiger partial charge in [0.2, 0.25) is 0 Å². The van der Waals surface area contributed by atoms with Gasteiger partial charge in [0.05, 0.1) is 11.4 Å². The van der Waals surface area contributed by atoms with Crippen LogP contribution in [-0.2, 0) is 20.0 Å². The average Bonchev–Trinajstić information content (AvgIpc) is 2.91. The Hall–Kier alpha value is -1.73. The molecule has 0 spiro atoms. The van der Waals surface area contributed by atoms with Crippen molar-refractivity contribution in [1.29, 1.82) is 0 Å². The zero-order valence-corrected chi connectivity index (χ0v) is 11.7. The van der Waals surface area contributed by atoms with E-state index in [2.05, 4.69) is 20.7 Å². The number of aromatic nitrogens is 3. The number of amides is 1. The van der Waals surface area contributed by atoms with Gasteiger partial charge in [0, 0.05) is 31.4 Å². The van der Waals surface area contributed by atoms with Crippen LogP contribution in [0.3, 0.4) is 0 Å². The highest BCUT2D eigenvalue weighted by Crippen LogP contribution is 2.25. The monoisotopic (exact) mass is 277 g/mol. The second kappa shape index (κ2) is 4.75. The summed E-state index contributed by atoms with van der Waals surface area (Å²) >= 11 is 1.54. The Bertz CT molecular complexity index is 607. The number of nitrogens with one attached hydrogen (secondary N) is 2. The lowest BCUT2D eigenvalue weighted by atomic mass is 10.2. The molecule has 0 aliphatic carbocycles. The van der Waals surface area contributed by atoms with Gasteiger partial charge in [0.25, 0.3) is 5.91 Å². The Morgan fingerprint density at radius 1 is 1.58 bits per heavy atom. The van der Waals surface area contributed by atoms with E-state index in [1.54, 1.807) is 17.8 Å². The molecule has 0 aromatic carbocycles. The molecule has 3 rings (SSSR count). The molecule has 100 valence electrons. The van der Waals surface area contributed by atoms with Crippen LogP contribution in [0.4, 0.5) is 5.13 Å². The average molecular weight is 277 g/mol. The van der Waals surface area contributed by atoms with Crippen LogP contribution < -0.4 is 10.6 Å². The molecule has 1 aliphatic rings. The normalized spacial score (nSPS) is 14.2. The fraction of sp³-hybridized carbons (Fsp3) is 0.417. The van der Waals surface area contributed by atoms with Crippen LogP contribution in [0.2, 0.25) is 0 Å². The van der Waals surface area contributed by atoms with Gasteiger partial charge in [-0.05, 0) is 13.0 Å². The zero-order valence-electron chi connectivity index (χ0n) is 10.9. The molecule has 7 heteroatoms. The zero-order chi connectivity index (χ0) is 13.4. The van der Waals surface area contributed by atoms with Gasteiger partial charge in [0.15, 0.2) is 5.13 Å². The van der Waals surface area contributed by atoms with Crippen LogP contribution in [0.1, 0.15) is 26.8 Å². The van der Waals surface area contributed by atoms with Gasteiger partial charge < -0.3 is 5.32 Å². The van der Waals surface area contributed by atoms with Crippen molar-refractivity contribution in [2.75, 3.05) is 11.9 Å². The van der Waals surface area contributed by atoms with Gasteiger partial charge in [0.1, 0.15) is 5.69 Å². The number of thiazole rings is 1. The molecule has 1 amide bonds. The van der Waals surface area contributed by atoms with E-state index in [1.165, 1.54) is 16.2 Å². The van der Waals surface area contributed by atoms with Crippen molar-refractivity contribution in [3.63, 3.8) is 0 Å². The largest absolute Gasteiger partial charge is 0.311 e. The van der Waals surface area contributed by atoms with E-state index in [-0.39, 0.29) is 5.91 Å². The molecule has 0 unspecified atom stereocenters. The lowest BCUT2D eigenvalue weighted by Crippen LogP contribution is -2.22. The van der Waals surface area contributed by atoms with E-state index in [0.717, 1.165) is 30.9 Å². The van der Waals surface area contributed by atoms with Gasteiger partial charge in [-0.25, -0.2) is 4.98 Å². The molecule has 0 radical (unpaired) electrons. The third-order valence-electron chi connectivity index (χ3n) is 3.06. The summed E-state index contributed by atoms with van der Waals surface area (Å²) in [5.41, 5.74) is 2.47. The summed E-state index contributed by atoms with van der Waals surface area (Å²) in [4.78, 5) is 17.8. The molecule has 0 atom stereocenters. The Labute approximate surface area is 114 Å². The predicted molar refractivity (Wildman–Crippen MR) is 73.4 cm³/mol. The minimum absolute atomic E-state index is 0.165. The summed E-state index contributed by atoms with van der Waals surface area (Å²) in [6.07, 6.45) is 0.923. The van der Waals surface area contributed by atoms with E-state index in [0.29, 0.717) is 10.8 Å². The van der Waals surface area contributed by atoms with Crippen molar-refractivity contribution in [3.05, 3.63) is 28.0 Å². The smallest absolute Gasteiger partial charge is 0.275 e. The maximum Gasteiger partial charge on any atom is 0.275 e. The van der Waals surface area contributed by atoms with E-state index < -0.39 is 0 Å². The van der Waals surface area contributed by atoms with Crippen LogP contribution in [0.15, 0.2) is 6.07 Å². The Balaban J connectivity index is 1.79. The predicted octanol–water partition coefficient (Wildman–Crippen LogP) is 1.08. The van der Waals surface area contributed by atoms with Crippen LogP contribution in [0.25, 0.3) is 0 Å². The fourth-order valence-electron chi connectivity index (χ4n) is 2.16. The number of fused-ring (bicyclic) bond motifs is 1. The standard InChI is InChI=1S/C12H15N5OS/c1-7-5-9(17(2)16-7)11(18)15-12-14-8-3-4-13-6-10(8)19-12/h5,13H,3-4,6H2,1-2H3,(H,14,15,18). The molecule has 2 aromatic heterocycles. The van der Waals surface area contributed by atoms with Crippen LogP contribution in [-0.4, -0.2) is 27.2 Å². The third kappa shape index (κ3) is 2.39. The highest BCUT2D eigenvalue weighted by atomic mass is 32.1. The Morgan fingerprint density at radius 2 is 2.42 bits per heavy atom. The topological polar surface area (TPSA) is 71.8 Å². The first kappa shape index (κ1) is 12.3. The Morgan fingerprint density at radius 3 is 3.11 bits per heavy atom. The summed E-state index contributed by atoms with van der Waals surface area (Å²) in [5.74, 6) is -0.165. The highest BCUT2D eigenvalue weighted by molar-refractivity contribution is 7.15. The van der Waals surface area contributed by atoms with Crippen LogP contribution in [0, 0.1) is 6.92 Å². The van der Waals surface area contributed by atoms with Gasteiger partial charge >= 0.3 is 0 Å². The summed E-state index contributed by atoms with van der Waals surface area (Å²) in [6.45, 7) is 3.66. The number of carbonyl (C=O) groups is 1. The number of hydrogen-bond donors (Lipinski definition) is 2. The molecule has 0 saturated heterocycles. The van der Waals surface area contributed by atoms with E-state index in [1.807, 2.05) is 6.92 Å². The first-order chi connectivity index (χ1) is 9.13. The van der Waals surface area contributed by atoms with Crippen molar-refractivity contribution in [2.24, 2.45) is 7.05 Å². The quantitative estimate of drug-likeness (QED) is 0.861. The number of aryl methyl sites for hydroxylation is 2. The molecule has 19 heavy (non-hydrogen) atoms. The fourth-order valence-corrected chi connectivity index (χ4v) is 3.14. The van der Waals surface area contributed by atoms with Gasteiger partial charge in [-0.2, -0.15) is 5.10 Å². The first-order valence-electron chi connectivity index (χ1n) is 6.15. The molecule has 6 nitrogen and oxygen atoms in total. The van der Waals surface area contributed by atoms with E-state index >= 15 is 0 Å². The van der Waals surface area contributed by atoms with E-state index in [9.17, 15) is 4.79 Å². The lowest BCUT2D eigenvalue weighted by molar-refractivity contribution is 0.101. The second-order valence-electron chi connectivity index (χ2n) is 4.56. The van der Waals surface area contributed by atoms with Gasteiger partial charge in [-0.1, -0.05) is 0 Å². The van der Waals surface area contributed by atoms with Crippen molar-refractivity contribution in [3.8, 4) is 0 Å². The summed E-state index contributed by atoms with van der Waals surface area (Å²) in [7, 11) is 1.76. The highest BCUT2D eigenvalue weighted by Gasteiger charge is 2.18. The number of hydrogen-bond acceptors (Lipinski definition) is 5. The number of nitrogens with zero attached hydrogens (tertiary/aromatic N) is 3. The second-order valence-corrected chi connectivity index (χ2v) is 5.65. The molecule has 0 fully saturated rings. The minimum Gasteiger partial charge on any atom is -0.311 e. The molecular weight excluding hydrogens is 262 g/mol. The van der Waals surface area contributed by atoms with Crippen molar-refractivity contribution < 1.29 is 4.79 Å². The van der Waals surface area contributed by atoms with Crippen LogP contribution >= 0.6 is 11.3 Å². The molecule has 3 heterocycles. The summed E-state index contributed by atoms with van der Waals surface area (Å²) < 4.78 is 1.58. The summed E-state index contributed by atoms with van der Waals surface area (Å²) in [5, 5.41) is 11.0. The summed E-state index contributed by atoms with van der Waals surface area (Å²) in [6, 6.07) is 1.77. The number of anilines is 1. The Kier molecular flexibility index (Phi) is 3.08. The molecule has 1 aliphatic heterocycles. The maximum atomic E-state index is 12.1. The van der Waals surface area contributed by atoms with Crippen molar-refractivity contribution in [1.82, 2.24) is 20.1 Å². The third-order valence-corrected chi connectivity index (χ3v) is 4.07. The first-order valence-corrected chi connectivity index (χ1v) is 6.96. The molecule has 2 aromatic rings. The van der Waals surface area contributed by atoms with E-state index in [4.69, 9.17) is 0 Å². The number of carbonyl (C=O) groups excluding carboxylic acids is 1.